The summed E-state index contributed by atoms with van der Waals surface area (Å²) in [5, 5.41) is 0.141. The van der Waals surface area contributed by atoms with E-state index in [1.165, 1.54) is 17.8 Å². The van der Waals surface area contributed by atoms with Gasteiger partial charge in [-0.2, -0.15) is 0 Å². The maximum absolute atomic E-state index is 13.8. The van der Waals surface area contributed by atoms with Gasteiger partial charge in [-0.1, -0.05) is 23.7 Å². The van der Waals surface area contributed by atoms with Crippen molar-refractivity contribution in [3.05, 3.63) is 52.8 Å². The molecule has 2 rings (SSSR count). The molecule has 0 amide bonds. The van der Waals surface area contributed by atoms with Crippen molar-refractivity contribution in [2.75, 3.05) is 12.8 Å². The predicted octanol–water partition coefficient (Wildman–Crippen LogP) is 4.36. The number of anilines is 1. The molecule has 0 unspecified atom stereocenters. The largest absolute Gasteiger partial charge is 0.496 e. The molecule has 2 nitrogen and oxygen atoms in total. The van der Waals surface area contributed by atoms with Gasteiger partial charge in [0.1, 0.15) is 11.6 Å². The lowest BCUT2D eigenvalue weighted by Gasteiger charge is -2.09. The molecule has 0 aliphatic heterocycles. The average Bonchev–Trinajstić information content (AvgIpc) is 2.41. The van der Waals surface area contributed by atoms with Gasteiger partial charge in [0.25, 0.3) is 0 Å². The number of halogens is 2. The Labute approximate surface area is 120 Å². The fourth-order valence-corrected chi connectivity index (χ4v) is 2.80. The van der Waals surface area contributed by atoms with Gasteiger partial charge in [0.2, 0.25) is 0 Å². The van der Waals surface area contributed by atoms with Crippen molar-refractivity contribution in [1.29, 1.82) is 0 Å². The zero-order valence-corrected chi connectivity index (χ0v) is 11.9. The maximum Gasteiger partial charge on any atom is 0.145 e. The molecule has 19 heavy (non-hydrogen) atoms. The Hall–Kier alpha value is -1.39. The van der Waals surface area contributed by atoms with Crippen LogP contribution in [0.3, 0.4) is 0 Å². The summed E-state index contributed by atoms with van der Waals surface area (Å²) in [5.41, 5.74) is 6.89. The molecule has 0 atom stereocenters. The molecule has 0 spiro atoms. The number of thioether (sulfide) groups is 1. The second-order valence-corrected chi connectivity index (χ2v) is 5.34. The van der Waals surface area contributed by atoms with Crippen LogP contribution in [0, 0.1) is 5.82 Å². The Morgan fingerprint density at radius 1 is 1.32 bits per heavy atom. The van der Waals surface area contributed by atoms with Crippen molar-refractivity contribution < 1.29 is 9.13 Å². The van der Waals surface area contributed by atoms with Gasteiger partial charge >= 0.3 is 0 Å². The number of hydrogen-bond acceptors (Lipinski definition) is 3. The van der Waals surface area contributed by atoms with Crippen LogP contribution in [0.5, 0.6) is 5.75 Å². The molecule has 0 bridgehead atoms. The highest BCUT2D eigenvalue weighted by Crippen LogP contribution is 2.34. The van der Waals surface area contributed by atoms with E-state index in [1.807, 2.05) is 6.07 Å². The molecule has 0 aromatic heterocycles. The van der Waals surface area contributed by atoms with Gasteiger partial charge in [-0.25, -0.2) is 4.39 Å². The number of methoxy groups -OCH3 is 1. The molecule has 0 aliphatic rings. The van der Waals surface area contributed by atoms with Gasteiger partial charge < -0.3 is 10.5 Å². The van der Waals surface area contributed by atoms with Gasteiger partial charge in [-0.3, -0.25) is 0 Å². The summed E-state index contributed by atoms with van der Waals surface area (Å²) in [7, 11) is 1.58. The Kier molecular flexibility index (Phi) is 4.56. The van der Waals surface area contributed by atoms with E-state index < -0.39 is 0 Å². The van der Waals surface area contributed by atoms with Crippen LogP contribution >= 0.6 is 23.4 Å². The summed E-state index contributed by atoms with van der Waals surface area (Å²) in [6, 6.07) is 10.4. The number of nitrogen functional groups attached to an aromatic ring is 1. The lowest BCUT2D eigenvalue weighted by atomic mass is 10.2. The third kappa shape index (κ3) is 3.33. The van der Waals surface area contributed by atoms with E-state index in [0.717, 1.165) is 4.90 Å². The van der Waals surface area contributed by atoms with Crippen LogP contribution in [0.4, 0.5) is 10.1 Å². The minimum absolute atomic E-state index is 0.141. The molecular formula is C14H13ClFNOS. The van der Waals surface area contributed by atoms with E-state index >= 15 is 0 Å². The van der Waals surface area contributed by atoms with E-state index in [2.05, 4.69) is 0 Å². The molecule has 100 valence electrons. The average molecular weight is 298 g/mol. The second-order valence-electron chi connectivity index (χ2n) is 3.91. The summed E-state index contributed by atoms with van der Waals surface area (Å²) < 4.78 is 19.0. The quantitative estimate of drug-likeness (QED) is 0.672. The molecular weight excluding hydrogens is 285 g/mol. The molecule has 0 heterocycles. The third-order valence-electron chi connectivity index (χ3n) is 2.60. The molecule has 5 heteroatoms. The van der Waals surface area contributed by atoms with Crippen LogP contribution in [0.15, 0.2) is 41.3 Å². The van der Waals surface area contributed by atoms with E-state index in [1.54, 1.807) is 31.4 Å². The number of hydrogen-bond donors (Lipinski definition) is 1. The topological polar surface area (TPSA) is 35.2 Å². The lowest BCUT2D eigenvalue weighted by molar-refractivity contribution is 0.405. The highest BCUT2D eigenvalue weighted by Gasteiger charge is 2.09. The van der Waals surface area contributed by atoms with Crippen molar-refractivity contribution >= 4 is 29.1 Å². The Balaban J connectivity index is 2.17. The van der Waals surface area contributed by atoms with Gasteiger partial charge in [0.15, 0.2) is 0 Å². The zero-order chi connectivity index (χ0) is 13.8. The van der Waals surface area contributed by atoms with E-state index in [4.69, 9.17) is 22.1 Å². The Morgan fingerprint density at radius 2 is 2.11 bits per heavy atom. The molecule has 2 aromatic carbocycles. The van der Waals surface area contributed by atoms with Gasteiger partial charge in [0.05, 0.1) is 12.1 Å². The molecule has 0 fully saturated rings. The van der Waals surface area contributed by atoms with Crippen molar-refractivity contribution in [2.24, 2.45) is 0 Å². The van der Waals surface area contributed by atoms with Crippen molar-refractivity contribution in [3.8, 4) is 5.75 Å². The zero-order valence-electron chi connectivity index (χ0n) is 10.3. The first-order valence-corrected chi connectivity index (χ1v) is 6.97. The summed E-state index contributed by atoms with van der Waals surface area (Å²) in [5.74, 6) is 0.797. The maximum atomic E-state index is 13.8. The first-order chi connectivity index (χ1) is 9.11. The summed E-state index contributed by atoms with van der Waals surface area (Å²) >= 11 is 7.23. The molecule has 0 saturated heterocycles. The number of ether oxygens (including phenoxy) is 1. The predicted molar refractivity (Wildman–Crippen MR) is 78.4 cm³/mol. The summed E-state index contributed by atoms with van der Waals surface area (Å²) in [6.07, 6.45) is 0. The molecule has 0 aliphatic carbocycles. The minimum Gasteiger partial charge on any atom is -0.496 e. The van der Waals surface area contributed by atoms with Crippen molar-refractivity contribution in [1.82, 2.24) is 0 Å². The second kappa shape index (κ2) is 6.17. The fourth-order valence-electron chi connectivity index (χ4n) is 1.62. The molecule has 2 aromatic rings. The third-order valence-corrected chi connectivity index (χ3v) is 4.00. The number of nitrogens with two attached hydrogens (primary N) is 1. The standard InChI is InChI=1S/C14H13ClFNOS/c1-18-12-7-10(17)5-6-13(12)19-8-9-3-2-4-11(15)14(9)16/h2-7H,8,17H2,1H3. The number of benzene rings is 2. The lowest BCUT2D eigenvalue weighted by Crippen LogP contribution is -1.92. The summed E-state index contributed by atoms with van der Waals surface area (Å²) in [6.45, 7) is 0. The monoisotopic (exact) mass is 297 g/mol. The molecule has 0 saturated carbocycles. The van der Waals surface area contributed by atoms with Crippen molar-refractivity contribution in [2.45, 2.75) is 10.6 Å². The fraction of sp³-hybridized carbons (Fsp3) is 0.143. The van der Waals surface area contributed by atoms with Crippen molar-refractivity contribution in [3.63, 3.8) is 0 Å². The highest BCUT2D eigenvalue weighted by molar-refractivity contribution is 7.98. The van der Waals surface area contributed by atoms with Gasteiger partial charge in [-0.05, 0) is 23.8 Å². The van der Waals surface area contributed by atoms with Crippen LogP contribution in [-0.4, -0.2) is 7.11 Å². The Morgan fingerprint density at radius 3 is 2.84 bits per heavy atom. The highest BCUT2D eigenvalue weighted by atomic mass is 35.5. The minimum atomic E-state index is -0.369. The normalized spacial score (nSPS) is 10.5. The van der Waals surface area contributed by atoms with E-state index in [0.29, 0.717) is 22.8 Å². The summed E-state index contributed by atoms with van der Waals surface area (Å²) in [4.78, 5) is 0.913. The molecule has 0 radical (unpaired) electrons. The first kappa shape index (κ1) is 14.0. The van der Waals surface area contributed by atoms with E-state index in [-0.39, 0.29) is 10.8 Å². The van der Waals surface area contributed by atoms with Gasteiger partial charge in [-0.15, -0.1) is 11.8 Å². The van der Waals surface area contributed by atoms with Crippen LogP contribution in [-0.2, 0) is 5.75 Å². The smallest absolute Gasteiger partial charge is 0.145 e. The first-order valence-electron chi connectivity index (χ1n) is 5.61. The van der Waals surface area contributed by atoms with Gasteiger partial charge in [0, 0.05) is 22.4 Å². The van der Waals surface area contributed by atoms with E-state index in [9.17, 15) is 4.39 Å². The van der Waals surface area contributed by atoms with Crippen LogP contribution in [0.25, 0.3) is 0 Å². The van der Waals surface area contributed by atoms with Crippen LogP contribution < -0.4 is 10.5 Å². The molecule has 2 N–H and O–H groups in total. The van der Waals surface area contributed by atoms with Crippen LogP contribution in [0.1, 0.15) is 5.56 Å². The van der Waals surface area contributed by atoms with Crippen LogP contribution in [0.2, 0.25) is 5.02 Å². The SMILES string of the molecule is COc1cc(N)ccc1SCc1cccc(Cl)c1F. The Bertz CT molecular complexity index is 592. The number of rotatable bonds is 4.